The Hall–Kier alpha value is -3.44. The summed E-state index contributed by atoms with van der Waals surface area (Å²) in [5.41, 5.74) is -0.0351. The zero-order valence-electron chi connectivity index (χ0n) is 20.0. The van der Waals surface area contributed by atoms with Crippen molar-refractivity contribution >= 4 is 29.6 Å². The summed E-state index contributed by atoms with van der Waals surface area (Å²) in [5.74, 6) is -3.89. The zero-order valence-corrected chi connectivity index (χ0v) is 20.0. The van der Waals surface area contributed by atoms with Gasteiger partial charge in [-0.25, -0.2) is 18.4 Å². The lowest BCUT2D eigenvalue weighted by Gasteiger charge is -2.41. The Labute approximate surface area is 206 Å². The van der Waals surface area contributed by atoms with Crippen LogP contribution in [0.1, 0.15) is 43.6 Å². The molecule has 0 radical (unpaired) electrons. The predicted molar refractivity (Wildman–Crippen MR) is 123 cm³/mol. The number of halogens is 2. The molecule has 3 aliphatic heterocycles. The van der Waals surface area contributed by atoms with Gasteiger partial charge in [0.05, 0.1) is 18.5 Å². The van der Waals surface area contributed by atoms with Crippen LogP contribution in [0.15, 0.2) is 12.1 Å². The minimum absolute atomic E-state index is 0.0271. The van der Waals surface area contributed by atoms with Gasteiger partial charge in [-0.1, -0.05) is 0 Å². The highest BCUT2D eigenvalue weighted by molar-refractivity contribution is 6.01. The summed E-state index contributed by atoms with van der Waals surface area (Å²) in [5, 5.41) is 4.87. The number of anilines is 1. The number of alkyl carbamates (subject to hydrolysis) is 1. The number of likely N-dealkylation sites (tertiary alicyclic amines) is 1. The first-order chi connectivity index (χ1) is 17.2. The van der Waals surface area contributed by atoms with Gasteiger partial charge in [0.15, 0.2) is 0 Å². The van der Waals surface area contributed by atoms with Crippen LogP contribution in [0.2, 0.25) is 0 Å². The molecule has 36 heavy (non-hydrogen) atoms. The van der Waals surface area contributed by atoms with Crippen molar-refractivity contribution in [1.29, 1.82) is 0 Å². The van der Waals surface area contributed by atoms with Gasteiger partial charge in [0, 0.05) is 56.8 Å². The van der Waals surface area contributed by atoms with E-state index >= 15 is 0 Å². The third-order valence-corrected chi connectivity index (χ3v) is 7.31. The molecule has 1 saturated carbocycles. The van der Waals surface area contributed by atoms with Crippen LogP contribution in [0.4, 0.5) is 24.1 Å². The van der Waals surface area contributed by atoms with Crippen molar-refractivity contribution in [3.63, 3.8) is 0 Å². The topological polar surface area (TPSA) is 111 Å². The van der Waals surface area contributed by atoms with Crippen LogP contribution in [0.25, 0.3) is 0 Å². The Morgan fingerprint density at radius 1 is 1.08 bits per heavy atom. The lowest BCUT2D eigenvalue weighted by molar-refractivity contribution is -0.134. The lowest BCUT2D eigenvalue weighted by atomic mass is 9.89. The monoisotopic (exact) mass is 505 g/mol. The maximum Gasteiger partial charge on any atom is 0.407 e. The molecule has 12 heteroatoms. The van der Waals surface area contributed by atoms with Gasteiger partial charge in [0.25, 0.3) is 0 Å². The molecule has 4 fully saturated rings. The molecule has 1 aliphatic carbocycles. The van der Waals surface area contributed by atoms with Gasteiger partial charge in [-0.2, -0.15) is 0 Å². The highest BCUT2D eigenvalue weighted by Gasteiger charge is 2.37. The Bertz CT molecular complexity index is 1070. The van der Waals surface area contributed by atoms with Crippen molar-refractivity contribution in [3.8, 4) is 0 Å². The van der Waals surface area contributed by atoms with E-state index in [1.54, 1.807) is 21.7 Å². The van der Waals surface area contributed by atoms with E-state index in [1.807, 2.05) is 0 Å². The molecule has 4 aliphatic rings. The van der Waals surface area contributed by atoms with Crippen LogP contribution in [0, 0.1) is 11.6 Å². The van der Waals surface area contributed by atoms with E-state index in [1.165, 1.54) is 12.1 Å². The molecule has 10 nitrogen and oxygen atoms in total. The number of nitrogens with zero attached hydrogens (tertiary/aromatic N) is 3. The SMILES string of the molecule is CN(C(=O)N1CC[C@H](OC(=O)NC2CN(c3cc(F)c(C4CCC(=O)NC4=O)c(F)c3)C2)C1)C1CC1. The molecular formula is C24H29F2N5O5. The third kappa shape index (κ3) is 4.93. The number of hydrogen-bond donors (Lipinski definition) is 2. The number of urea groups is 1. The van der Waals surface area contributed by atoms with Gasteiger partial charge < -0.3 is 24.8 Å². The molecular weight excluding hydrogens is 476 g/mol. The quantitative estimate of drug-likeness (QED) is 0.590. The molecule has 1 aromatic carbocycles. The summed E-state index contributed by atoms with van der Waals surface area (Å²) >= 11 is 0. The average molecular weight is 506 g/mol. The second kappa shape index (κ2) is 9.55. The molecule has 2 N–H and O–H groups in total. The first-order valence-corrected chi connectivity index (χ1v) is 12.3. The number of piperidine rings is 1. The van der Waals surface area contributed by atoms with Crippen LogP contribution in [0.3, 0.4) is 0 Å². The minimum atomic E-state index is -1.05. The van der Waals surface area contributed by atoms with Crippen LogP contribution in [-0.4, -0.2) is 85.2 Å². The molecule has 5 rings (SSSR count). The maximum absolute atomic E-state index is 14.8. The number of nitrogens with one attached hydrogen (secondary N) is 2. The van der Waals surface area contributed by atoms with E-state index < -0.39 is 35.5 Å². The summed E-state index contributed by atoms with van der Waals surface area (Å²) in [6, 6.07) is 2.36. The lowest BCUT2D eigenvalue weighted by Crippen LogP contribution is -2.59. The molecule has 0 spiro atoms. The fourth-order valence-electron chi connectivity index (χ4n) is 5.03. The number of benzene rings is 1. The van der Waals surface area contributed by atoms with E-state index in [4.69, 9.17) is 4.74 Å². The fourth-order valence-corrected chi connectivity index (χ4v) is 5.03. The molecule has 3 saturated heterocycles. The van der Waals surface area contributed by atoms with Crippen LogP contribution < -0.4 is 15.5 Å². The number of imide groups is 1. The number of amides is 5. The van der Waals surface area contributed by atoms with E-state index in [0.717, 1.165) is 12.8 Å². The molecule has 0 bridgehead atoms. The second-order valence-electron chi connectivity index (χ2n) is 9.96. The van der Waals surface area contributed by atoms with Crippen molar-refractivity contribution in [2.45, 2.75) is 56.2 Å². The van der Waals surface area contributed by atoms with Crippen molar-refractivity contribution < 1.29 is 32.7 Å². The molecule has 3 heterocycles. The van der Waals surface area contributed by atoms with Gasteiger partial charge in [0.1, 0.15) is 17.7 Å². The highest BCUT2D eigenvalue weighted by Crippen LogP contribution is 2.33. The van der Waals surface area contributed by atoms with Crippen molar-refractivity contribution in [3.05, 3.63) is 29.3 Å². The molecule has 1 aromatic rings. The van der Waals surface area contributed by atoms with Crippen molar-refractivity contribution in [2.24, 2.45) is 0 Å². The Balaban J connectivity index is 1.09. The Morgan fingerprint density at radius 2 is 1.78 bits per heavy atom. The standard InChI is InChI=1S/C24H29F2N5O5/c1-29(14-2-3-14)24(35)30-7-6-16(12-30)36-23(34)27-13-10-31(11-13)15-8-18(25)21(19(26)9-15)17-4-5-20(32)28-22(17)33/h8-9,13-14,16-17H,2-7,10-12H2,1H3,(H,27,34)(H,28,32,33)/t16-,17?/m0/s1. The summed E-state index contributed by atoms with van der Waals surface area (Å²) in [7, 11) is 1.80. The molecule has 2 atom stereocenters. The second-order valence-corrected chi connectivity index (χ2v) is 9.96. The van der Waals surface area contributed by atoms with Crippen molar-refractivity contribution in [1.82, 2.24) is 20.4 Å². The Kier molecular flexibility index (Phi) is 6.44. The maximum atomic E-state index is 14.8. The number of rotatable bonds is 5. The number of carbonyl (C=O) groups is 4. The highest BCUT2D eigenvalue weighted by atomic mass is 19.1. The number of ether oxygens (including phenoxy) is 1. The minimum Gasteiger partial charge on any atom is -0.444 e. The van der Waals surface area contributed by atoms with Gasteiger partial charge in [-0.05, 0) is 31.4 Å². The summed E-state index contributed by atoms with van der Waals surface area (Å²) in [6.45, 7) is 1.58. The summed E-state index contributed by atoms with van der Waals surface area (Å²) in [6.07, 6.45) is 1.76. The molecule has 1 unspecified atom stereocenters. The zero-order chi connectivity index (χ0) is 25.6. The largest absolute Gasteiger partial charge is 0.444 e. The Morgan fingerprint density at radius 3 is 2.42 bits per heavy atom. The number of carbonyl (C=O) groups excluding carboxylic acids is 4. The first kappa shape index (κ1) is 24.3. The van der Waals surface area contributed by atoms with E-state index in [9.17, 15) is 28.0 Å². The van der Waals surface area contributed by atoms with E-state index in [-0.39, 0.29) is 36.6 Å². The fraction of sp³-hybridized carbons (Fsp3) is 0.583. The summed E-state index contributed by atoms with van der Waals surface area (Å²) < 4.78 is 35.0. The average Bonchev–Trinajstić information content (AvgIpc) is 3.54. The smallest absolute Gasteiger partial charge is 0.407 e. The first-order valence-electron chi connectivity index (χ1n) is 12.3. The third-order valence-electron chi connectivity index (χ3n) is 7.31. The van der Waals surface area contributed by atoms with Crippen LogP contribution >= 0.6 is 0 Å². The van der Waals surface area contributed by atoms with Crippen LogP contribution in [-0.2, 0) is 14.3 Å². The van der Waals surface area contributed by atoms with Gasteiger partial charge in [-0.3, -0.25) is 14.9 Å². The molecule has 5 amide bonds. The van der Waals surface area contributed by atoms with Gasteiger partial charge in [-0.15, -0.1) is 0 Å². The van der Waals surface area contributed by atoms with Gasteiger partial charge in [0.2, 0.25) is 11.8 Å². The normalized spacial score (nSPS) is 24.3. The van der Waals surface area contributed by atoms with E-state index in [0.29, 0.717) is 44.3 Å². The molecule has 0 aromatic heterocycles. The van der Waals surface area contributed by atoms with Crippen LogP contribution in [0.5, 0.6) is 0 Å². The van der Waals surface area contributed by atoms with E-state index in [2.05, 4.69) is 10.6 Å². The number of hydrogen-bond acceptors (Lipinski definition) is 6. The van der Waals surface area contributed by atoms with Gasteiger partial charge >= 0.3 is 12.1 Å². The predicted octanol–water partition coefficient (Wildman–Crippen LogP) is 1.69. The summed E-state index contributed by atoms with van der Waals surface area (Å²) in [4.78, 5) is 53.3. The molecule has 194 valence electrons. The van der Waals surface area contributed by atoms with Crippen molar-refractivity contribution in [2.75, 3.05) is 38.1 Å².